The molecule has 0 saturated heterocycles. The first-order chi connectivity index (χ1) is 9.63. The molecule has 1 aromatic rings. The molecule has 2 amide bonds. The van der Waals surface area contributed by atoms with Gasteiger partial charge in [-0.15, -0.1) is 0 Å². The molecule has 0 unspecified atom stereocenters. The smallest absolute Gasteiger partial charge is 0.247 e. The molecule has 1 rings (SSSR count). The summed E-state index contributed by atoms with van der Waals surface area (Å²) >= 11 is 5.82. The fraction of sp³-hybridized carbons (Fsp3) is 0.375. The lowest BCUT2D eigenvalue weighted by molar-refractivity contribution is -0.137. The highest BCUT2D eigenvalue weighted by Crippen LogP contribution is 2.13. The molecular formula is C16H21ClN2O2. The summed E-state index contributed by atoms with van der Waals surface area (Å²) in [6.45, 7) is 5.08. The number of hydrogen-bond donors (Lipinski definition) is 1. The van der Waals surface area contributed by atoms with Crippen molar-refractivity contribution in [2.24, 2.45) is 0 Å². The third kappa shape index (κ3) is 4.90. The van der Waals surface area contributed by atoms with Crippen molar-refractivity contribution < 1.29 is 9.59 Å². The average molecular weight is 309 g/mol. The molecule has 114 valence electrons. The third-order valence-electron chi connectivity index (χ3n) is 2.98. The zero-order valence-corrected chi connectivity index (χ0v) is 13.8. The predicted molar refractivity (Wildman–Crippen MR) is 86.0 cm³/mol. The van der Waals surface area contributed by atoms with Crippen molar-refractivity contribution in [3.05, 3.63) is 40.4 Å². The van der Waals surface area contributed by atoms with E-state index in [0.29, 0.717) is 10.6 Å². The number of carbonyl (C=O) groups excluding carboxylic acids is 2. The molecule has 5 heteroatoms. The van der Waals surface area contributed by atoms with Crippen LogP contribution in [0.4, 0.5) is 0 Å². The van der Waals surface area contributed by atoms with Crippen LogP contribution in [0.15, 0.2) is 29.8 Å². The van der Waals surface area contributed by atoms with Crippen LogP contribution in [0.1, 0.15) is 26.3 Å². The maximum Gasteiger partial charge on any atom is 0.247 e. The molecule has 0 atom stereocenters. The Morgan fingerprint density at radius 3 is 2.19 bits per heavy atom. The standard InChI is InChI=1S/C16H21ClN2O2/c1-11(10-12-6-8-13(17)9-7-12)14(20)18-16(2,3)15(21)19(4)5/h6-10H,1-5H3,(H,18,20)/b11-10+. The average Bonchev–Trinajstić information content (AvgIpc) is 2.39. The number of amides is 2. The molecule has 0 aliphatic heterocycles. The van der Waals surface area contributed by atoms with E-state index >= 15 is 0 Å². The minimum Gasteiger partial charge on any atom is -0.347 e. The Morgan fingerprint density at radius 1 is 1.19 bits per heavy atom. The second-order valence-electron chi connectivity index (χ2n) is 5.66. The summed E-state index contributed by atoms with van der Waals surface area (Å²) in [5.41, 5.74) is 0.455. The molecule has 0 radical (unpaired) electrons. The Kier molecular flexibility index (Phi) is 5.55. The van der Waals surface area contributed by atoms with Crippen LogP contribution >= 0.6 is 11.6 Å². The van der Waals surface area contributed by atoms with E-state index in [1.807, 2.05) is 12.1 Å². The summed E-state index contributed by atoms with van der Waals surface area (Å²) in [5.74, 6) is -0.430. The van der Waals surface area contributed by atoms with E-state index in [2.05, 4.69) is 5.32 Å². The van der Waals surface area contributed by atoms with Gasteiger partial charge in [-0.25, -0.2) is 0 Å². The van der Waals surface area contributed by atoms with Gasteiger partial charge < -0.3 is 10.2 Å². The largest absolute Gasteiger partial charge is 0.347 e. The maximum atomic E-state index is 12.2. The van der Waals surface area contributed by atoms with Crippen LogP contribution in [0.5, 0.6) is 0 Å². The summed E-state index contributed by atoms with van der Waals surface area (Å²) in [5, 5.41) is 3.39. The molecule has 0 heterocycles. The molecule has 0 fully saturated rings. The molecule has 0 bridgehead atoms. The first-order valence-corrected chi connectivity index (χ1v) is 6.99. The van der Waals surface area contributed by atoms with Crippen molar-refractivity contribution in [3.63, 3.8) is 0 Å². The molecule has 0 saturated carbocycles. The molecule has 4 nitrogen and oxygen atoms in total. The van der Waals surface area contributed by atoms with Crippen LogP contribution in [0.25, 0.3) is 6.08 Å². The van der Waals surface area contributed by atoms with Crippen LogP contribution in [-0.2, 0) is 9.59 Å². The number of rotatable bonds is 4. The van der Waals surface area contributed by atoms with Gasteiger partial charge in [-0.3, -0.25) is 9.59 Å². The Morgan fingerprint density at radius 2 is 1.71 bits per heavy atom. The second-order valence-corrected chi connectivity index (χ2v) is 6.09. The summed E-state index contributed by atoms with van der Waals surface area (Å²) in [7, 11) is 3.32. The second kappa shape index (κ2) is 6.76. The number of likely N-dealkylation sites (N-methyl/N-ethyl adjacent to an activating group) is 1. The normalized spacial score (nSPS) is 12.0. The van der Waals surface area contributed by atoms with Gasteiger partial charge in [0.1, 0.15) is 5.54 Å². The lowest BCUT2D eigenvalue weighted by Crippen LogP contribution is -2.54. The molecular weight excluding hydrogens is 288 g/mol. The molecule has 0 aliphatic rings. The Balaban J connectivity index is 2.83. The first-order valence-electron chi connectivity index (χ1n) is 6.61. The molecule has 1 aromatic carbocycles. The van der Waals surface area contributed by atoms with Crippen molar-refractivity contribution in [3.8, 4) is 0 Å². The van der Waals surface area contributed by atoms with Gasteiger partial charge >= 0.3 is 0 Å². The lowest BCUT2D eigenvalue weighted by atomic mass is 10.0. The van der Waals surface area contributed by atoms with Gasteiger partial charge in [-0.1, -0.05) is 23.7 Å². The summed E-state index contributed by atoms with van der Waals surface area (Å²) in [6.07, 6.45) is 1.75. The van der Waals surface area contributed by atoms with E-state index in [1.165, 1.54) is 4.90 Å². The SMILES string of the molecule is C/C(=C\c1ccc(Cl)cc1)C(=O)NC(C)(C)C(=O)N(C)C. The number of hydrogen-bond acceptors (Lipinski definition) is 2. The van der Waals surface area contributed by atoms with Crippen molar-refractivity contribution in [2.45, 2.75) is 26.3 Å². The van der Waals surface area contributed by atoms with Crippen molar-refractivity contribution in [1.29, 1.82) is 0 Å². The molecule has 0 spiro atoms. The first kappa shape index (κ1) is 17.2. The number of carbonyl (C=O) groups is 2. The molecule has 1 N–H and O–H groups in total. The van der Waals surface area contributed by atoms with Crippen molar-refractivity contribution in [2.75, 3.05) is 14.1 Å². The van der Waals surface area contributed by atoms with Gasteiger partial charge in [-0.2, -0.15) is 0 Å². The van der Waals surface area contributed by atoms with E-state index in [0.717, 1.165) is 5.56 Å². The fourth-order valence-electron chi connectivity index (χ4n) is 1.87. The minimum absolute atomic E-state index is 0.157. The van der Waals surface area contributed by atoms with E-state index < -0.39 is 5.54 Å². The van der Waals surface area contributed by atoms with E-state index in [9.17, 15) is 9.59 Å². The topological polar surface area (TPSA) is 49.4 Å². The zero-order chi connectivity index (χ0) is 16.2. The number of nitrogens with one attached hydrogen (secondary N) is 1. The van der Waals surface area contributed by atoms with Gasteiger partial charge in [0.25, 0.3) is 0 Å². The Hall–Kier alpha value is -1.81. The van der Waals surface area contributed by atoms with Gasteiger partial charge in [0.05, 0.1) is 0 Å². The maximum absolute atomic E-state index is 12.2. The van der Waals surface area contributed by atoms with Crippen LogP contribution in [0, 0.1) is 0 Å². The summed E-state index contributed by atoms with van der Waals surface area (Å²) in [4.78, 5) is 25.6. The highest BCUT2D eigenvalue weighted by Gasteiger charge is 2.30. The number of benzene rings is 1. The van der Waals surface area contributed by atoms with Crippen LogP contribution in [0.2, 0.25) is 5.02 Å². The van der Waals surface area contributed by atoms with E-state index in [1.54, 1.807) is 53.1 Å². The lowest BCUT2D eigenvalue weighted by Gasteiger charge is -2.28. The zero-order valence-electron chi connectivity index (χ0n) is 13.0. The monoisotopic (exact) mass is 308 g/mol. The van der Waals surface area contributed by atoms with Gasteiger partial charge in [0, 0.05) is 24.7 Å². The van der Waals surface area contributed by atoms with Gasteiger partial charge in [-0.05, 0) is 44.5 Å². The quantitative estimate of drug-likeness (QED) is 0.870. The number of nitrogens with zero attached hydrogens (tertiary/aromatic N) is 1. The van der Waals surface area contributed by atoms with Crippen molar-refractivity contribution in [1.82, 2.24) is 10.2 Å². The van der Waals surface area contributed by atoms with Crippen LogP contribution in [0.3, 0.4) is 0 Å². The van der Waals surface area contributed by atoms with Crippen LogP contribution < -0.4 is 5.32 Å². The van der Waals surface area contributed by atoms with Gasteiger partial charge in [0.2, 0.25) is 11.8 Å². The Bertz CT molecular complexity index is 560. The summed E-state index contributed by atoms with van der Waals surface area (Å²) in [6, 6.07) is 7.18. The highest BCUT2D eigenvalue weighted by atomic mass is 35.5. The molecule has 0 aliphatic carbocycles. The predicted octanol–water partition coefficient (Wildman–Crippen LogP) is 2.73. The highest BCUT2D eigenvalue weighted by molar-refractivity contribution is 6.30. The fourth-order valence-corrected chi connectivity index (χ4v) is 2.00. The Labute approximate surface area is 130 Å². The van der Waals surface area contributed by atoms with Crippen molar-refractivity contribution >= 4 is 29.5 Å². The molecule has 0 aromatic heterocycles. The minimum atomic E-state index is -0.949. The van der Waals surface area contributed by atoms with E-state index in [-0.39, 0.29) is 11.8 Å². The molecule has 21 heavy (non-hydrogen) atoms. The number of halogens is 1. The summed E-state index contributed by atoms with van der Waals surface area (Å²) < 4.78 is 0. The van der Waals surface area contributed by atoms with E-state index in [4.69, 9.17) is 11.6 Å². The third-order valence-corrected chi connectivity index (χ3v) is 3.23. The van der Waals surface area contributed by atoms with Crippen LogP contribution in [-0.4, -0.2) is 36.3 Å². The van der Waals surface area contributed by atoms with Gasteiger partial charge in [0.15, 0.2) is 0 Å².